The van der Waals surface area contributed by atoms with Crippen LogP contribution in [0, 0.1) is 25.2 Å². The normalized spacial score (nSPS) is 10.4. The topological polar surface area (TPSA) is 107 Å². The molecule has 0 radical (unpaired) electrons. The average molecular weight is 442 g/mol. The van der Waals surface area contributed by atoms with Gasteiger partial charge in [-0.15, -0.1) is 0 Å². The summed E-state index contributed by atoms with van der Waals surface area (Å²) in [6.45, 7) is 3.96. The lowest BCUT2D eigenvalue weighted by atomic mass is 10.1. The molecule has 0 aliphatic carbocycles. The Hall–Kier alpha value is -4.22. The molecule has 1 aromatic heterocycles. The van der Waals surface area contributed by atoms with Crippen molar-refractivity contribution in [2.45, 2.75) is 13.8 Å². The van der Waals surface area contributed by atoms with Crippen LogP contribution in [0.15, 0.2) is 60.7 Å². The number of benzene rings is 3. The minimum absolute atomic E-state index is 0.208. The van der Waals surface area contributed by atoms with Crippen molar-refractivity contribution >= 4 is 50.0 Å². The van der Waals surface area contributed by atoms with E-state index >= 15 is 0 Å². The third-order valence-electron chi connectivity index (χ3n) is 4.77. The fraction of sp³-hybridized carbons (Fsp3) is 0.0833. The van der Waals surface area contributed by atoms with Crippen molar-refractivity contribution in [1.82, 2.24) is 4.98 Å². The fourth-order valence-corrected chi connectivity index (χ4v) is 4.06. The van der Waals surface area contributed by atoms with E-state index in [1.54, 1.807) is 42.5 Å². The number of hydrogen-bond donors (Lipinski definition) is 3. The SMILES string of the molecule is Cc1ccc(NC(=O)c2ccc3nc(NC(=O)Nc4ccc(C#N)cc4)sc3c2)c(C)c1. The van der Waals surface area contributed by atoms with Gasteiger partial charge in [-0.2, -0.15) is 5.26 Å². The first kappa shape index (κ1) is 21.0. The van der Waals surface area contributed by atoms with Gasteiger partial charge in [-0.1, -0.05) is 29.0 Å². The van der Waals surface area contributed by atoms with Gasteiger partial charge in [0.15, 0.2) is 5.13 Å². The predicted octanol–water partition coefficient (Wildman–Crippen LogP) is 5.68. The van der Waals surface area contributed by atoms with E-state index in [1.807, 2.05) is 38.1 Å². The second-order valence-corrected chi connectivity index (χ2v) is 8.27. The van der Waals surface area contributed by atoms with Crippen LogP contribution in [-0.4, -0.2) is 16.9 Å². The summed E-state index contributed by atoms with van der Waals surface area (Å²) in [6.07, 6.45) is 0. The fourth-order valence-electron chi connectivity index (χ4n) is 3.16. The number of fused-ring (bicyclic) bond motifs is 1. The molecular weight excluding hydrogens is 422 g/mol. The van der Waals surface area contributed by atoms with Crippen LogP contribution in [0.3, 0.4) is 0 Å². The summed E-state index contributed by atoms with van der Waals surface area (Å²) in [7, 11) is 0. The largest absolute Gasteiger partial charge is 0.325 e. The lowest BCUT2D eigenvalue weighted by Crippen LogP contribution is -2.19. The van der Waals surface area contributed by atoms with Crippen molar-refractivity contribution in [2.75, 3.05) is 16.0 Å². The first-order valence-corrected chi connectivity index (χ1v) is 10.6. The van der Waals surface area contributed by atoms with Crippen molar-refractivity contribution in [1.29, 1.82) is 5.26 Å². The lowest BCUT2D eigenvalue weighted by Gasteiger charge is -2.09. The molecule has 0 aliphatic rings. The number of carbonyl (C=O) groups excluding carboxylic acids is 2. The summed E-state index contributed by atoms with van der Waals surface area (Å²) >= 11 is 1.28. The molecule has 0 bridgehead atoms. The number of nitrogens with one attached hydrogen (secondary N) is 3. The minimum Gasteiger partial charge on any atom is -0.322 e. The van der Waals surface area contributed by atoms with Gasteiger partial charge in [0.25, 0.3) is 5.91 Å². The number of urea groups is 1. The van der Waals surface area contributed by atoms with Gasteiger partial charge in [-0.25, -0.2) is 9.78 Å². The van der Waals surface area contributed by atoms with Crippen molar-refractivity contribution in [2.24, 2.45) is 0 Å². The summed E-state index contributed by atoms with van der Waals surface area (Å²) in [6, 6.07) is 19.2. The lowest BCUT2D eigenvalue weighted by molar-refractivity contribution is 0.102. The van der Waals surface area contributed by atoms with Gasteiger partial charge >= 0.3 is 6.03 Å². The van der Waals surface area contributed by atoms with Crippen molar-refractivity contribution in [3.05, 3.63) is 82.9 Å². The molecule has 0 spiro atoms. The van der Waals surface area contributed by atoms with Gasteiger partial charge in [0, 0.05) is 16.9 Å². The van der Waals surface area contributed by atoms with Gasteiger partial charge < -0.3 is 10.6 Å². The molecule has 32 heavy (non-hydrogen) atoms. The van der Waals surface area contributed by atoms with Crippen LogP contribution in [0.5, 0.6) is 0 Å². The molecular formula is C24H19N5O2S. The Labute approximate surface area is 188 Å². The van der Waals surface area contributed by atoms with E-state index in [-0.39, 0.29) is 5.91 Å². The number of amides is 3. The van der Waals surface area contributed by atoms with Crippen LogP contribution in [0.4, 0.5) is 21.3 Å². The summed E-state index contributed by atoms with van der Waals surface area (Å²) in [5.41, 5.74) is 5.17. The van der Waals surface area contributed by atoms with Crippen LogP contribution in [0.25, 0.3) is 10.2 Å². The summed E-state index contributed by atoms with van der Waals surface area (Å²) in [4.78, 5) is 29.4. The number of thiazole rings is 1. The van der Waals surface area contributed by atoms with Crippen molar-refractivity contribution < 1.29 is 9.59 Å². The maximum atomic E-state index is 12.7. The van der Waals surface area contributed by atoms with E-state index in [1.165, 1.54) is 11.3 Å². The standard InChI is InChI=1S/C24H19N5O2S/c1-14-3-9-19(15(2)11-14)27-22(30)17-6-10-20-21(12-17)32-24(28-20)29-23(31)26-18-7-4-16(13-25)5-8-18/h3-12H,1-2H3,(H,27,30)(H2,26,28,29,31). The molecule has 8 heteroatoms. The van der Waals surface area contributed by atoms with E-state index in [9.17, 15) is 9.59 Å². The van der Waals surface area contributed by atoms with Crippen molar-refractivity contribution in [3.8, 4) is 6.07 Å². The van der Waals surface area contributed by atoms with Crippen LogP contribution in [0.2, 0.25) is 0 Å². The summed E-state index contributed by atoms with van der Waals surface area (Å²) < 4.78 is 0.784. The molecule has 0 atom stereocenters. The maximum Gasteiger partial charge on any atom is 0.325 e. The van der Waals surface area contributed by atoms with E-state index in [0.29, 0.717) is 27.5 Å². The molecule has 3 amide bonds. The van der Waals surface area contributed by atoms with Gasteiger partial charge in [-0.3, -0.25) is 10.1 Å². The quantitative estimate of drug-likeness (QED) is 0.379. The number of anilines is 3. The Kier molecular flexibility index (Phi) is 5.83. The molecule has 7 nitrogen and oxygen atoms in total. The van der Waals surface area contributed by atoms with Gasteiger partial charge in [-0.05, 0) is 67.9 Å². The molecule has 0 unspecified atom stereocenters. The Bertz CT molecular complexity index is 1370. The molecule has 0 saturated carbocycles. The average Bonchev–Trinajstić information content (AvgIpc) is 3.17. The van der Waals surface area contributed by atoms with Crippen LogP contribution >= 0.6 is 11.3 Å². The predicted molar refractivity (Wildman–Crippen MR) is 127 cm³/mol. The summed E-state index contributed by atoms with van der Waals surface area (Å²) in [5.74, 6) is -0.208. The zero-order chi connectivity index (χ0) is 22.7. The highest BCUT2D eigenvalue weighted by Gasteiger charge is 2.12. The Morgan fingerprint density at radius 1 is 0.938 bits per heavy atom. The van der Waals surface area contributed by atoms with E-state index in [2.05, 4.69) is 20.9 Å². The first-order valence-electron chi connectivity index (χ1n) is 9.78. The molecule has 1 heterocycles. The molecule has 158 valence electrons. The van der Waals surface area contributed by atoms with Gasteiger partial charge in [0.05, 0.1) is 21.8 Å². The maximum absolute atomic E-state index is 12.7. The number of nitriles is 1. The number of nitrogens with zero attached hydrogens (tertiary/aromatic N) is 2. The van der Waals surface area contributed by atoms with E-state index < -0.39 is 6.03 Å². The Balaban J connectivity index is 1.45. The highest BCUT2D eigenvalue weighted by Crippen LogP contribution is 2.27. The van der Waals surface area contributed by atoms with Gasteiger partial charge in [0.2, 0.25) is 0 Å². The number of aryl methyl sites for hydroxylation is 2. The molecule has 0 saturated heterocycles. The number of aromatic nitrogens is 1. The zero-order valence-electron chi connectivity index (χ0n) is 17.4. The van der Waals surface area contributed by atoms with Crippen LogP contribution in [-0.2, 0) is 0 Å². The second kappa shape index (κ2) is 8.88. The van der Waals surface area contributed by atoms with Gasteiger partial charge in [0.1, 0.15) is 0 Å². The highest BCUT2D eigenvalue weighted by atomic mass is 32.1. The van der Waals surface area contributed by atoms with Crippen molar-refractivity contribution in [3.63, 3.8) is 0 Å². The first-order chi connectivity index (χ1) is 15.4. The number of carbonyl (C=O) groups is 2. The van der Waals surface area contributed by atoms with E-state index in [0.717, 1.165) is 21.5 Å². The number of rotatable bonds is 4. The molecule has 3 N–H and O–H groups in total. The molecule has 4 aromatic rings. The molecule has 0 aliphatic heterocycles. The highest BCUT2D eigenvalue weighted by molar-refractivity contribution is 7.22. The molecule has 0 fully saturated rings. The Morgan fingerprint density at radius 2 is 1.72 bits per heavy atom. The van der Waals surface area contributed by atoms with E-state index in [4.69, 9.17) is 5.26 Å². The number of hydrogen-bond acceptors (Lipinski definition) is 5. The Morgan fingerprint density at radius 3 is 2.44 bits per heavy atom. The zero-order valence-corrected chi connectivity index (χ0v) is 18.2. The third kappa shape index (κ3) is 4.74. The third-order valence-corrected chi connectivity index (χ3v) is 5.71. The molecule has 3 aromatic carbocycles. The second-order valence-electron chi connectivity index (χ2n) is 7.24. The van der Waals surface area contributed by atoms with Crippen LogP contribution in [0.1, 0.15) is 27.0 Å². The molecule has 4 rings (SSSR count). The minimum atomic E-state index is -0.443. The summed E-state index contributed by atoms with van der Waals surface area (Å²) in [5, 5.41) is 17.6. The smallest absolute Gasteiger partial charge is 0.322 e. The van der Waals surface area contributed by atoms with Crippen LogP contribution < -0.4 is 16.0 Å². The monoisotopic (exact) mass is 441 g/mol.